The number of carbonyl (C=O) groups is 1. The van der Waals surface area contributed by atoms with Crippen LogP contribution in [0.5, 0.6) is 0 Å². The number of unbranched alkanes of at least 4 members (excludes halogenated alkanes) is 1. The van der Waals surface area contributed by atoms with Crippen LogP contribution in [0.3, 0.4) is 0 Å². The number of hydrogen-bond donors (Lipinski definition) is 1. The van der Waals surface area contributed by atoms with Crippen molar-refractivity contribution in [1.29, 1.82) is 0 Å². The van der Waals surface area contributed by atoms with Gasteiger partial charge >= 0.3 is 5.97 Å². The van der Waals surface area contributed by atoms with Crippen molar-refractivity contribution in [3.63, 3.8) is 0 Å². The molecule has 4 aromatic rings. The summed E-state index contributed by atoms with van der Waals surface area (Å²) in [6.07, 6.45) is 4.64. The Morgan fingerprint density at radius 2 is 1.74 bits per heavy atom. The van der Waals surface area contributed by atoms with Crippen molar-refractivity contribution in [1.82, 2.24) is 19.7 Å². The first-order chi connectivity index (χ1) is 15.2. The highest BCUT2D eigenvalue weighted by molar-refractivity contribution is 5.94. The monoisotopic (exact) mass is 412 g/mol. The molecule has 6 nitrogen and oxygen atoms in total. The number of benzene rings is 2. The molecule has 2 aromatic heterocycles. The second-order valence-corrected chi connectivity index (χ2v) is 7.38. The SMILES string of the molecule is CCCCc1nc(-c2ccccc2)nn1Cc1ccc(-c2ncccc2C(=O)O)cc1. The summed E-state index contributed by atoms with van der Waals surface area (Å²) in [5.41, 5.74) is 3.51. The van der Waals surface area contributed by atoms with Gasteiger partial charge in [-0.25, -0.2) is 14.5 Å². The molecule has 4 rings (SSSR count). The smallest absolute Gasteiger partial charge is 0.337 e. The van der Waals surface area contributed by atoms with Crippen LogP contribution in [0.1, 0.15) is 41.5 Å². The van der Waals surface area contributed by atoms with Crippen LogP contribution in [-0.4, -0.2) is 30.8 Å². The van der Waals surface area contributed by atoms with Crippen molar-refractivity contribution in [2.24, 2.45) is 0 Å². The van der Waals surface area contributed by atoms with Gasteiger partial charge < -0.3 is 5.11 Å². The van der Waals surface area contributed by atoms with E-state index in [4.69, 9.17) is 10.1 Å². The van der Waals surface area contributed by atoms with Gasteiger partial charge in [-0.15, -0.1) is 0 Å². The lowest BCUT2D eigenvalue weighted by atomic mass is 10.0. The van der Waals surface area contributed by atoms with E-state index in [1.807, 2.05) is 59.3 Å². The largest absolute Gasteiger partial charge is 0.478 e. The molecule has 0 unspecified atom stereocenters. The van der Waals surface area contributed by atoms with E-state index in [0.29, 0.717) is 12.2 Å². The summed E-state index contributed by atoms with van der Waals surface area (Å²) in [4.78, 5) is 20.5. The third kappa shape index (κ3) is 4.69. The molecule has 1 N–H and O–H groups in total. The Kier molecular flexibility index (Phi) is 6.17. The fourth-order valence-electron chi connectivity index (χ4n) is 3.48. The maximum atomic E-state index is 11.5. The average Bonchev–Trinajstić information content (AvgIpc) is 3.21. The molecule has 0 saturated carbocycles. The van der Waals surface area contributed by atoms with E-state index in [1.54, 1.807) is 18.3 Å². The molecule has 0 aliphatic rings. The Labute approximate surface area is 181 Å². The van der Waals surface area contributed by atoms with Crippen LogP contribution < -0.4 is 0 Å². The zero-order valence-electron chi connectivity index (χ0n) is 17.4. The lowest BCUT2D eigenvalue weighted by Crippen LogP contribution is -2.07. The average molecular weight is 412 g/mol. The second-order valence-electron chi connectivity index (χ2n) is 7.38. The maximum absolute atomic E-state index is 11.5. The molecule has 0 amide bonds. The minimum absolute atomic E-state index is 0.195. The first kappa shape index (κ1) is 20.5. The number of aromatic nitrogens is 4. The lowest BCUT2D eigenvalue weighted by Gasteiger charge is -2.08. The van der Waals surface area contributed by atoms with Crippen LogP contribution >= 0.6 is 0 Å². The Hall–Kier alpha value is -3.80. The molecule has 2 aromatic carbocycles. The van der Waals surface area contributed by atoms with Crippen LogP contribution in [0.4, 0.5) is 0 Å². The fourth-order valence-corrected chi connectivity index (χ4v) is 3.48. The summed E-state index contributed by atoms with van der Waals surface area (Å²) in [7, 11) is 0. The van der Waals surface area contributed by atoms with Crippen molar-refractivity contribution in [2.45, 2.75) is 32.7 Å². The maximum Gasteiger partial charge on any atom is 0.337 e. The van der Waals surface area contributed by atoms with Crippen LogP contribution in [0.25, 0.3) is 22.6 Å². The number of carboxylic acids is 1. The quantitative estimate of drug-likeness (QED) is 0.436. The summed E-state index contributed by atoms with van der Waals surface area (Å²) in [5, 5.41) is 14.2. The van der Waals surface area contributed by atoms with Gasteiger partial charge in [0.1, 0.15) is 5.82 Å². The van der Waals surface area contributed by atoms with Gasteiger partial charge in [0, 0.05) is 23.7 Å². The van der Waals surface area contributed by atoms with E-state index in [9.17, 15) is 9.90 Å². The number of aryl methyl sites for hydroxylation is 1. The normalized spacial score (nSPS) is 10.9. The molecule has 6 heteroatoms. The van der Waals surface area contributed by atoms with Crippen LogP contribution in [0, 0.1) is 0 Å². The summed E-state index contributed by atoms with van der Waals surface area (Å²) >= 11 is 0. The third-order valence-electron chi connectivity index (χ3n) is 5.13. The molecule has 0 radical (unpaired) electrons. The van der Waals surface area contributed by atoms with Gasteiger partial charge in [0.15, 0.2) is 5.82 Å². The molecule has 0 aliphatic heterocycles. The zero-order valence-corrected chi connectivity index (χ0v) is 17.4. The van der Waals surface area contributed by atoms with Gasteiger partial charge in [-0.05, 0) is 24.1 Å². The van der Waals surface area contributed by atoms with Crippen molar-refractivity contribution >= 4 is 5.97 Å². The number of pyridine rings is 1. The van der Waals surface area contributed by atoms with Crippen molar-refractivity contribution in [3.8, 4) is 22.6 Å². The highest BCUT2D eigenvalue weighted by Crippen LogP contribution is 2.23. The van der Waals surface area contributed by atoms with Gasteiger partial charge in [0.25, 0.3) is 0 Å². The number of nitrogens with zero attached hydrogens (tertiary/aromatic N) is 4. The minimum Gasteiger partial charge on any atom is -0.478 e. The van der Waals surface area contributed by atoms with Crippen molar-refractivity contribution < 1.29 is 9.90 Å². The third-order valence-corrected chi connectivity index (χ3v) is 5.13. The summed E-state index contributed by atoms with van der Waals surface area (Å²) in [6.45, 7) is 2.77. The number of rotatable bonds is 8. The highest BCUT2D eigenvalue weighted by atomic mass is 16.4. The molecule has 0 spiro atoms. The van der Waals surface area contributed by atoms with Gasteiger partial charge in [-0.3, -0.25) is 4.98 Å². The molecule has 31 heavy (non-hydrogen) atoms. The van der Waals surface area contributed by atoms with E-state index >= 15 is 0 Å². The van der Waals surface area contributed by atoms with Gasteiger partial charge in [-0.1, -0.05) is 67.9 Å². The molecule has 2 heterocycles. The fraction of sp³-hybridized carbons (Fsp3) is 0.200. The van der Waals surface area contributed by atoms with Gasteiger partial charge in [-0.2, -0.15) is 5.10 Å². The summed E-state index contributed by atoms with van der Waals surface area (Å²) in [5.74, 6) is 0.731. The minimum atomic E-state index is -0.983. The van der Waals surface area contributed by atoms with Crippen LogP contribution in [-0.2, 0) is 13.0 Å². The first-order valence-corrected chi connectivity index (χ1v) is 10.4. The Morgan fingerprint density at radius 3 is 2.45 bits per heavy atom. The van der Waals surface area contributed by atoms with Gasteiger partial charge in [0.05, 0.1) is 17.8 Å². The Bertz CT molecular complexity index is 1170. The number of carboxylic acid groups (broad SMARTS) is 1. The van der Waals surface area contributed by atoms with Crippen molar-refractivity contribution in [3.05, 3.63) is 89.9 Å². The topological polar surface area (TPSA) is 80.9 Å². The van der Waals surface area contributed by atoms with Crippen molar-refractivity contribution in [2.75, 3.05) is 0 Å². The standard InChI is InChI=1S/C25H24N4O2/c1-2-3-11-22-27-24(20-8-5-4-6-9-20)28-29(22)17-18-12-14-19(15-13-18)23-21(25(30)31)10-7-16-26-23/h4-10,12-16H,2-3,11,17H2,1H3,(H,30,31). The molecule has 0 aliphatic carbocycles. The van der Waals surface area contributed by atoms with Crippen LogP contribution in [0.15, 0.2) is 72.9 Å². The lowest BCUT2D eigenvalue weighted by molar-refractivity contribution is 0.0697. The zero-order chi connectivity index (χ0) is 21.6. The van der Waals surface area contributed by atoms with E-state index in [1.165, 1.54) is 0 Å². The molecule has 0 atom stereocenters. The molecular formula is C25H24N4O2. The Morgan fingerprint density at radius 1 is 0.968 bits per heavy atom. The molecule has 156 valence electrons. The van der Waals surface area contributed by atoms with E-state index < -0.39 is 5.97 Å². The summed E-state index contributed by atoms with van der Waals surface area (Å²) in [6, 6.07) is 21.0. The van der Waals surface area contributed by atoms with Crippen LogP contribution in [0.2, 0.25) is 0 Å². The van der Waals surface area contributed by atoms with E-state index in [2.05, 4.69) is 11.9 Å². The first-order valence-electron chi connectivity index (χ1n) is 10.4. The molecule has 0 fully saturated rings. The van der Waals surface area contributed by atoms with E-state index in [0.717, 1.165) is 47.6 Å². The Balaban J connectivity index is 1.60. The highest BCUT2D eigenvalue weighted by Gasteiger charge is 2.14. The molecule has 0 bridgehead atoms. The molecular weight excluding hydrogens is 388 g/mol. The van der Waals surface area contributed by atoms with Gasteiger partial charge in [0.2, 0.25) is 0 Å². The summed E-state index contributed by atoms with van der Waals surface area (Å²) < 4.78 is 1.97. The predicted octanol–water partition coefficient (Wildman–Crippen LogP) is 5.10. The molecule has 0 saturated heterocycles. The second kappa shape index (κ2) is 9.34. The van der Waals surface area contributed by atoms with E-state index in [-0.39, 0.29) is 5.56 Å². The number of hydrogen-bond acceptors (Lipinski definition) is 4. The predicted molar refractivity (Wildman–Crippen MR) is 120 cm³/mol. The number of aromatic carboxylic acids is 1.